The molecule has 0 unspecified atom stereocenters. The summed E-state index contributed by atoms with van der Waals surface area (Å²) in [5.41, 5.74) is 1.91. The van der Waals surface area contributed by atoms with Crippen molar-refractivity contribution in [3.8, 4) is 5.75 Å². The number of benzene rings is 3. The number of fused-ring (bicyclic) bond motifs is 1. The highest BCUT2D eigenvalue weighted by molar-refractivity contribution is 6.08. The molecule has 0 aliphatic heterocycles. The number of nitrogens with zero attached hydrogens (tertiary/aromatic N) is 2. The van der Waals surface area contributed by atoms with Gasteiger partial charge in [0, 0.05) is 5.56 Å². The molecule has 0 saturated carbocycles. The molecule has 6 nitrogen and oxygen atoms in total. The fraction of sp³-hybridized carbons (Fsp3) is 0.125. The first-order valence-electron chi connectivity index (χ1n) is 9.84. The summed E-state index contributed by atoms with van der Waals surface area (Å²) in [6, 6.07) is 19.7. The molecule has 3 aromatic carbocycles. The molecule has 0 fully saturated rings. The molecule has 31 heavy (non-hydrogen) atoms. The van der Waals surface area contributed by atoms with E-state index in [1.54, 1.807) is 47.0 Å². The number of carbonyl (C=O) groups excluding carboxylic acids is 2. The van der Waals surface area contributed by atoms with Crippen LogP contribution in [-0.2, 0) is 11.3 Å². The highest BCUT2D eigenvalue weighted by atomic mass is 19.1. The summed E-state index contributed by atoms with van der Waals surface area (Å²) in [5, 5.41) is 2.83. The molecule has 0 spiro atoms. The molecule has 1 amide bonds. The normalized spacial score (nSPS) is 10.8. The number of imidazole rings is 1. The lowest BCUT2D eigenvalue weighted by molar-refractivity contribution is -0.116. The van der Waals surface area contributed by atoms with E-state index in [1.165, 1.54) is 18.2 Å². The average molecular weight is 417 g/mol. The number of aromatic nitrogens is 2. The first-order chi connectivity index (χ1) is 15.1. The van der Waals surface area contributed by atoms with Gasteiger partial charge in [0.25, 0.3) is 0 Å². The number of anilines is 1. The molecule has 156 valence electrons. The van der Waals surface area contributed by atoms with Crippen LogP contribution in [0.2, 0.25) is 0 Å². The van der Waals surface area contributed by atoms with E-state index in [0.717, 1.165) is 6.07 Å². The summed E-state index contributed by atoms with van der Waals surface area (Å²) < 4.78 is 20.7. The van der Waals surface area contributed by atoms with Gasteiger partial charge >= 0.3 is 0 Å². The third kappa shape index (κ3) is 4.30. The van der Waals surface area contributed by atoms with Gasteiger partial charge in [-0.15, -0.1) is 0 Å². The Labute approximate surface area is 178 Å². The lowest BCUT2D eigenvalue weighted by Gasteiger charge is -2.13. The highest BCUT2D eigenvalue weighted by Gasteiger charge is 2.21. The van der Waals surface area contributed by atoms with Gasteiger partial charge in [0.1, 0.15) is 18.1 Å². The lowest BCUT2D eigenvalue weighted by atomic mass is 10.1. The molecule has 4 rings (SSSR count). The summed E-state index contributed by atoms with van der Waals surface area (Å²) in [5.74, 6) is -0.689. The van der Waals surface area contributed by atoms with Crippen molar-refractivity contribution in [3.63, 3.8) is 0 Å². The first kappa shape index (κ1) is 20.3. The molecule has 7 heteroatoms. The van der Waals surface area contributed by atoms with Gasteiger partial charge in [-0.1, -0.05) is 36.4 Å². The Morgan fingerprint density at radius 2 is 1.81 bits per heavy atom. The predicted octanol–water partition coefficient (Wildman–Crippen LogP) is 4.44. The maximum atomic E-state index is 13.6. The van der Waals surface area contributed by atoms with Crippen molar-refractivity contribution >= 4 is 28.4 Å². The maximum Gasteiger partial charge on any atom is 0.244 e. The second-order valence-corrected chi connectivity index (χ2v) is 6.83. The minimum absolute atomic E-state index is 0.0695. The summed E-state index contributed by atoms with van der Waals surface area (Å²) in [6.07, 6.45) is 0. The van der Waals surface area contributed by atoms with Gasteiger partial charge in [-0.05, 0) is 43.3 Å². The molecule has 0 saturated heterocycles. The van der Waals surface area contributed by atoms with Gasteiger partial charge in [-0.25, -0.2) is 9.37 Å². The number of hydrogen-bond acceptors (Lipinski definition) is 4. The number of ether oxygens (including phenoxy) is 1. The van der Waals surface area contributed by atoms with Crippen molar-refractivity contribution in [1.82, 2.24) is 9.55 Å². The Hall–Kier alpha value is -4.00. The van der Waals surface area contributed by atoms with Crippen LogP contribution in [0.15, 0.2) is 72.8 Å². The summed E-state index contributed by atoms with van der Waals surface area (Å²) >= 11 is 0. The molecule has 0 atom stereocenters. The molecule has 0 aliphatic carbocycles. The van der Waals surface area contributed by atoms with Gasteiger partial charge in [0.2, 0.25) is 11.7 Å². The van der Waals surface area contributed by atoms with E-state index in [4.69, 9.17) is 4.74 Å². The smallest absolute Gasteiger partial charge is 0.244 e. The van der Waals surface area contributed by atoms with E-state index in [-0.39, 0.29) is 23.8 Å². The summed E-state index contributed by atoms with van der Waals surface area (Å²) in [7, 11) is 0. The molecular weight excluding hydrogens is 397 g/mol. The molecule has 1 aromatic heterocycles. The quantitative estimate of drug-likeness (QED) is 0.451. The van der Waals surface area contributed by atoms with Crippen LogP contribution in [0.5, 0.6) is 5.75 Å². The molecule has 1 N–H and O–H groups in total. The fourth-order valence-corrected chi connectivity index (χ4v) is 3.35. The molecule has 1 heterocycles. The number of rotatable bonds is 7. The van der Waals surface area contributed by atoms with Crippen LogP contribution in [0.4, 0.5) is 10.1 Å². The topological polar surface area (TPSA) is 73.2 Å². The fourth-order valence-electron chi connectivity index (χ4n) is 3.35. The van der Waals surface area contributed by atoms with Crippen molar-refractivity contribution < 1.29 is 18.7 Å². The SMILES string of the molecule is CCOc1ccccc1NC(=O)Cn1c(C(=O)c2cccc(F)c2)nc2ccccc21. The first-order valence-corrected chi connectivity index (χ1v) is 9.84. The number of ketones is 1. The summed E-state index contributed by atoms with van der Waals surface area (Å²) in [4.78, 5) is 30.3. The van der Waals surface area contributed by atoms with Crippen molar-refractivity contribution in [3.05, 3.63) is 90.0 Å². The monoisotopic (exact) mass is 417 g/mol. The van der Waals surface area contributed by atoms with Gasteiger partial charge in [0.05, 0.1) is 23.3 Å². The van der Waals surface area contributed by atoms with Gasteiger partial charge in [-0.3, -0.25) is 9.59 Å². The largest absolute Gasteiger partial charge is 0.492 e. The second kappa shape index (κ2) is 8.79. The minimum atomic E-state index is -0.515. The van der Waals surface area contributed by atoms with E-state index in [2.05, 4.69) is 10.3 Å². The Morgan fingerprint density at radius 1 is 1.03 bits per heavy atom. The predicted molar refractivity (Wildman–Crippen MR) is 116 cm³/mol. The third-order valence-electron chi connectivity index (χ3n) is 4.71. The van der Waals surface area contributed by atoms with Crippen LogP contribution in [0, 0.1) is 5.82 Å². The van der Waals surface area contributed by atoms with E-state index < -0.39 is 11.6 Å². The van der Waals surface area contributed by atoms with Crippen molar-refractivity contribution in [2.75, 3.05) is 11.9 Å². The molecular formula is C24H20FN3O3. The second-order valence-electron chi connectivity index (χ2n) is 6.83. The van der Waals surface area contributed by atoms with Crippen LogP contribution >= 0.6 is 0 Å². The number of amides is 1. The molecule has 0 bridgehead atoms. The standard InChI is InChI=1S/C24H20FN3O3/c1-2-31-21-13-6-4-11-19(21)26-22(29)15-28-20-12-5-3-10-18(20)27-24(28)23(30)16-8-7-9-17(25)14-16/h3-14H,2,15H2,1H3,(H,26,29). The number of halogens is 1. The van der Waals surface area contributed by atoms with Crippen LogP contribution in [0.1, 0.15) is 23.1 Å². The zero-order valence-corrected chi connectivity index (χ0v) is 16.8. The lowest BCUT2D eigenvalue weighted by Crippen LogP contribution is -2.22. The Morgan fingerprint density at radius 3 is 2.61 bits per heavy atom. The third-order valence-corrected chi connectivity index (χ3v) is 4.71. The zero-order valence-electron chi connectivity index (χ0n) is 16.8. The van der Waals surface area contributed by atoms with Crippen molar-refractivity contribution in [2.45, 2.75) is 13.5 Å². The Bertz CT molecular complexity index is 1270. The molecule has 0 aliphatic rings. The number of carbonyl (C=O) groups is 2. The van der Waals surface area contributed by atoms with E-state index in [0.29, 0.717) is 29.1 Å². The van der Waals surface area contributed by atoms with E-state index >= 15 is 0 Å². The average Bonchev–Trinajstić information content (AvgIpc) is 3.13. The van der Waals surface area contributed by atoms with Gasteiger partial charge in [0.15, 0.2) is 5.82 Å². The summed E-state index contributed by atoms with van der Waals surface area (Å²) in [6.45, 7) is 2.18. The molecule has 4 aromatic rings. The number of hydrogen-bond donors (Lipinski definition) is 1. The molecule has 0 radical (unpaired) electrons. The van der Waals surface area contributed by atoms with Gasteiger partial charge in [-0.2, -0.15) is 0 Å². The minimum Gasteiger partial charge on any atom is -0.492 e. The van der Waals surface area contributed by atoms with Crippen LogP contribution in [-0.4, -0.2) is 27.8 Å². The Kier molecular flexibility index (Phi) is 5.75. The van der Waals surface area contributed by atoms with E-state index in [9.17, 15) is 14.0 Å². The van der Waals surface area contributed by atoms with E-state index in [1.807, 2.05) is 13.0 Å². The van der Waals surface area contributed by atoms with Crippen molar-refractivity contribution in [1.29, 1.82) is 0 Å². The number of para-hydroxylation sites is 4. The number of nitrogens with one attached hydrogen (secondary N) is 1. The van der Waals surface area contributed by atoms with Crippen LogP contribution in [0.3, 0.4) is 0 Å². The van der Waals surface area contributed by atoms with Crippen LogP contribution < -0.4 is 10.1 Å². The maximum absolute atomic E-state index is 13.6. The van der Waals surface area contributed by atoms with Gasteiger partial charge < -0.3 is 14.6 Å². The Balaban J connectivity index is 1.68. The van der Waals surface area contributed by atoms with Crippen molar-refractivity contribution in [2.24, 2.45) is 0 Å². The zero-order chi connectivity index (χ0) is 21.8. The van der Waals surface area contributed by atoms with Crippen LogP contribution in [0.25, 0.3) is 11.0 Å². The highest BCUT2D eigenvalue weighted by Crippen LogP contribution is 2.24.